The molecule has 0 amide bonds. The van der Waals surface area contributed by atoms with E-state index in [1.54, 1.807) is 36.0 Å². The van der Waals surface area contributed by atoms with Crippen LogP contribution in [-0.2, 0) is 14.3 Å². The Hall–Kier alpha value is -2.53. The highest BCUT2D eigenvalue weighted by molar-refractivity contribution is 7.98. The first kappa shape index (κ1) is 17.8. The molecule has 0 radical (unpaired) electrons. The van der Waals surface area contributed by atoms with Crippen LogP contribution in [0.3, 0.4) is 0 Å². The molecule has 0 aliphatic heterocycles. The van der Waals surface area contributed by atoms with Crippen molar-refractivity contribution in [2.75, 3.05) is 12.9 Å². The van der Waals surface area contributed by atoms with Gasteiger partial charge in [-0.3, -0.25) is 4.79 Å². The van der Waals surface area contributed by atoms with E-state index < -0.39 is 11.9 Å². The standard InChI is InChI=1S/C19H18O4S/c1-13(20)23-12-17(14-8-10-16(24-2)11-9-14)18(19(21)22)15-6-4-3-5-7-15/h3-11H,12H2,1-2H3,(H,21,22). The van der Waals surface area contributed by atoms with E-state index in [1.165, 1.54) is 6.92 Å². The molecule has 2 aromatic rings. The molecule has 1 N–H and O–H groups in total. The Balaban J connectivity index is 2.59. The lowest BCUT2D eigenvalue weighted by Crippen LogP contribution is -2.10. The highest BCUT2D eigenvalue weighted by Crippen LogP contribution is 2.28. The van der Waals surface area contributed by atoms with Crippen LogP contribution in [0.1, 0.15) is 18.1 Å². The predicted molar refractivity (Wildman–Crippen MR) is 95.7 cm³/mol. The van der Waals surface area contributed by atoms with E-state index >= 15 is 0 Å². The Kier molecular flexibility index (Phi) is 6.21. The molecule has 2 aromatic carbocycles. The number of thioether (sulfide) groups is 1. The van der Waals surface area contributed by atoms with Crippen LogP contribution >= 0.6 is 11.8 Å². The van der Waals surface area contributed by atoms with Gasteiger partial charge in [0.1, 0.15) is 6.61 Å². The van der Waals surface area contributed by atoms with E-state index in [1.807, 2.05) is 36.6 Å². The van der Waals surface area contributed by atoms with Crippen LogP contribution in [0.5, 0.6) is 0 Å². The summed E-state index contributed by atoms with van der Waals surface area (Å²) in [5.74, 6) is -1.51. The van der Waals surface area contributed by atoms with Crippen molar-refractivity contribution in [2.24, 2.45) is 0 Å². The third kappa shape index (κ3) is 4.49. The minimum Gasteiger partial charge on any atom is -0.478 e. The number of ether oxygens (including phenoxy) is 1. The molecule has 0 spiro atoms. The van der Waals surface area contributed by atoms with Crippen LogP contribution in [0.25, 0.3) is 11.1 Å². The first-order valence-corrected chi connectivity index (χ1v) is 8.55. The summed E-state index contributed by atoms with van der Waals surface area (Å²) in [6.45, 7) is 1.21. The van der Waals surface area contributed by atoms with Gasteiger partial charge in [0.15, 0.2) is 0 Å². The summed E-state index contributed by atoms with van der Waals surface area (Å²) in [5, 5.41) is 9.72. The van der Waals surface area contributed by atoms with Crippen LogP contribution < -0.4 is 0 Å². The summed E-state index contributed by atoms with van der Waals surface area (Å²) in [5.41, 5.74) is 1.89. The number of carboxylic acids is 1. The molecular formula is C19H18O4S. The SMILES string of the molecule is CSc1ccc(C(COC(C)=O)=C(C(=O)O)c2ccccc2)cc1. The molecule has 0 bridgehead atoms. The fraction of sp³-hybridized carbons (Fsp3) is 0.158. The number of rotatable bonds is 6. The molecule has 0 aliphatic rings. The second kappa shape index (κ2) is 8.36. The van der Waals surface area contributed by atoms with Crippen molar-refractivity contribution in [2.45, 2.75) is 11.8 Å². The monoisotopic (exact) mass is 342 g/mol. The van der Waals surface area contributed by atoms with Gasteiger partial charge in [0.25, 0.3) is 0 Å². The second-order valence-electron chi connectivity index (χ2n) is 5.03. The summed E-state index contributed by atoms with van der Waals surface area (Å²) in [4.78, 5) is 24.2. The number of carboxylic acid groups (broad SMARTS) is 1. The molecule has 5 heteroatoms. The smallest absolute Gasteiger partial charge is 0.336 e. The Morgan fingerprint density at radius 2 is 1.62 bits per heavy atom. The number of aliphatic carboxylic acids is 1. The third-order valence-electron chi connectivity index (χ3n) is 3.44. The summed E-state index contributed by atoms with van der Waals surface area (Å²) < 4.78 is 5.10. The molecule has 0 aliphatic carbocycles. The van der Waals surface area contributed by atoms with Crippen LogP contribution in [0.2, 0.25) is 0 Å². The number of carbonyl (C=O) groups is 2. The van der Waals surface area contributed by atoms with Crippen molar-refractivity contribution in [1.82, 2.24) is 0 Å². The zero-order chi connectivity index (χ0) is 17.5. The number of esters is 1. The molecule has 124 valence electrons. The van der Waals surface area contributed by atoms with Gasteiger partial charge in [-0.2, -0.15) is 0 Å². The Labute approximate surface area is 145 Å². The molecule has 0 atom stereocenters. The zero-order valence-electron chi connectivity index (χ0n) is 13.5. The number of hydrogen-bond donors (Lipinski definition) is 1. The molecule has 2 rings (SSSR count). The van der Waals surface area contributed by atoms with Gasteiger partial charge >= 0.3 is 11.9 Å². The summed E-state index contributed by atoms with van der Waals surface area (Å²) in [6, 6.07) is 16.4. The molecule has 0 heterocycles. The van der Waals surface area contributed by atoms with E-state index in [0.29, 0.717) is 11.1 Å². The van der Waals surface area contributed by atoms with Crippen LogP contribution in [-0.4, -0.2) is 29.9 Å². The van der Waals surface area contributed by atoms with Crippen molar-refractivity contribution in [3.05, 3.63) is 65.7 Å². The fourth-order valence-corrected chi connectivity index (χ4v) is 2.71. The molecule has 0 aromatic heterocycles. The summed E-state index contributed by atoms with van der Waals surface area (Å²) in [7, 11) is 0. The lowest BCUT2D eigenvalue weighted by Gasteiger charge is -2.14. The van der Waals surface area contributed by atoms with Crippen molar-refractivity contribution >= 4 is 34.8 Å². The maximum absolute atomic E-state index is 11.9. The average Bonchev–Trinajstić information content (AvgIpc) is 2.59. The summed E-state index contributed by atoms with van der Waals surface area (Å²) >= 11 is 1.60. The van der Waals surface area contributed by atoms with Crippen molar-refractivity contribution in [3.63, 3.8) is 0 Å². The highest BCUT2D eigenvalue weighted by atomic mass is 32.2. The topological polar surface area (TPSA) is 63.6 Å². The van der Waals surface area contributed by atoms with Crippen LogP contribution in [0.15, 0.2) is 59.5 Å². The average molecular weight is 342 g/mol. The summed E-state index contributed by atoms with van der Waals surface area (Å²) in [6.07, 6.45) is 1.97. The first-order valence-electron chi connectivity index (χ1n) is 7.32. The minimum absolute atomic E-state index is 0.0928. The quantitative estimate of drug-likeness (QED) is 0.372. The molecule has 0 saturated heterocycles. The minimum atomic E-state index is -1.06. The molecule has 0 fully saturated rings. The van der Waals surface area contributed by atoms with Crippen LogP contribution in [0.4, 0.5) is 0 Å². The second-order valence-corrected chi connectivity index (χ2v) is 5.91. The van der Waals surface area contributed by atoms with E-state index in [4.69, 9.17) is 4.74 Å². The molecule has 4 nitrogen and oxygen atoms in total. The lowest BCUT2D eigenvalue weighted by atomic mass is 9.95. The van der Waals surface area contributed by atoms with Crippen molar-refractivity contribution < 1.29 is 19.4 Å². The van der Waals surface area contributed by atoms with Gasteiger partial charge < -0.3 is 9.84 Å². The first-order chi connectivity index (χ1) is 11.5. The largest absolute Gasteiger partial charge is 0.478 e. The molecule has 0 unspecified atom stereocenters. The van der Waals surface area contributed by atoms with Crippen molar-refractivity contribution in [3.8, 4) is 0 Å². The van der Waals surface area contributed by atoms with Crippen LogP contribution in [0, 0.1) is 0 Å². The molecular weight excluding hydrogens is 324 g/mol. The van der Waals surface area contributed by atoms with Gasteiger partial charge in [-0.1, -0.05) is 42.5 Å². The van der Waals surface area contributed by atoms with Crippen molar-refractivity contribution in [1.29, 1.82) is 0 Å². The molecule has 24 heavy (non-hydrogen) atoms. The maximum atomic E-state index is 11.9. The lowest BCUT2D eigenvalue weighted by molar-refractivity contribution is -0.139. The van der Waals surface area contributed by atoms with Gasteiger partial charge in [-0.15, -0.1) is 11.8 Å². The normalized spacial score (nSPS) is 11.6. The Morgan fingerprint density at radius 3 is 2.12 bits per heavy atom. The van der Waals surface area contributed by atoms with Gasteiger partial charge in [0.2, 0.25) is 0 Å². The van der Waals surface area contributed by atoms with E-state index in [2.05, 4.69) is 0 Å². The fourth-order valence-electron chi connectivity index (χ4n) is 2.30. The van der Waals surface area contributed by atoms with E-state index in [-0.39, 0.29) is 12.2 Å². The number of benzene rings is 2. The zero-order valence-corrected chi connectivity index (χ0v) is 14.3. The van der Waals surface area contributed by atoms with E-state index in [9.17, 15) is 14.7 Å². The Bertz CT molecular complexity index is 749. The highest BCUT2D eigenvalue weighted by Gasteiger charge is 2.19. The molecule has 0 saturated carbocycles. The third-order valence-corrected chi connectivity index (χ3v) is 4.18. The number of carbonyl (C=O) groups excluding carboxylic acids is 1. The maximum Gasteiger partial charge on any atom is 0.336 e. The number of hydrogen-bond acceptors (Lipinski definition) is 4. The van der Waals surface area contributed by atoms with E-state index in [0.717, 1.165) is 10.5 Å². The van der Waals surface area contributed by atoms with Gasteiger partial charge in [0.05, 0.1) is 5.57 Å². The van der Waals surface area contributed by atoms with Gasteiger partial charge in [0, 0.05) is 17.4 Å². The van der Waals surface area contributed by atoms with Gasteiger partial charge in [-0.25, -0.2) is 4.79 Å². The Morgan fingerprint density at radius 1 is 1.00 bits per heavy atom. The predicted octanol–water partition coefficient (Wildman–Crippen LogP) is 3.97. The van der Waals surface area contributed by atoms with Gasteiger partial charge in [-0.05, 0) is 29.5 Å².